The Labute approximate surface area is 145 Å². The van der Waals surface area contributed by atoms with Crippen molar-refractivity contribution >= 4 is 5.91 Å². The van der Waals surface area contributed by atoms with Crippen LogP contribution in [-0.4, -0.2) is 73.0 Å². The van der Waals surface area contributed by atoms with E-state index in [0.29, 0.717) is 23.9 Å². The first-order valence-corrected chi connectivity index (χ1v) is 8.90. The molecule has 0 spiro atoms. The minimum Gasteiger partial charge on any atom is -0.484 e. The molecule has 4 unspecified atom stereocenters. The smallest absolute Gasteiger partial charge is 0.288 e. The Morgan fingerprint density at radius 1 is 1.20 bits per heavy atom. The molecule has 5 rings (SSSR count). The van der Waals surface area contributed by atoms with Gasteiger partial charge >= 0.3 is 0 Å². The summed E-state index contributed by atoms with van der Waals surface area (Å²) >= 11 is 0. The standard InChI is InChI=1S/C18H23F2N3O2/c19-18(20)10-16(18)25-15-4-2-13(3-5-15)17(24)21-11-14-12-22-6-1-7-23(14)9-8-22/h2-5,14,16H,1,6-12H2,(H,21,24). The van der Waals surface area contributed by atoms with Gasteiger partial charge in [0.2, 0.25) is 0 Å². The van der Waals surface area contributed by atoms with Crippen molar-refractivity contribution in [2.24, 2.45) is 0 Å². The summed E-state index contributed by atoms with van der Waals surface area (Å²) in [7, 11) is 0. The average Bonchev–Trinajstić information content (AvgIpc) is 3.31. The number of halogens is 2. The summed E-state index contributed by atoms with van der Waals surface area (Å²) < 4.78 is 30.9. The number of benzene rings is 1. The van der Waals surface area contributed by atoms with Crippen LogP contribution in [0.2, 0.25) is 0 Å². The lowest BCUT2D eigenvalue weighted by Crippen LogP contribution is -2.54. The van der Waals surface area contributed by atoms with Gasteiger partial charge in [-0.2, -0.15) is 0 Å². The highest BCUT2D eigenvalue weighted by atomic mass is 19.3. The first kappa shape index (κ1) is 16.7. The van der Waals surface area contributed by atoms with Gasteiger partial charge in [-0.25, -0.2) is 8.78 Å². The molecule has 25 heavy (non-hydrogen) atoms. The molecule has 1 N–H and O–H groups in total. The summed E-state index contributed by atoms with van der Waals surface area (Å²) in [6, 6.07) is 6.75. The molecule has 7 heteroatoms. The molecule has 1 aliphatic carbocycles. The molecule has 3 aliphatic heterocycles. The number of amides is 1. The zero-order valence-electron chi connectivity index (χ0n) is 14.1. The zero-order valence-corrected chi connectivity index (χ0v) is 14.1. The number of ether oxygens (including phenoxy) is 1. The van der Waals surface area contributed by atoms with Crippen LogP contribution in [0.1, 0.15) is 23.2 Å². The highest BCUT2D eigenvalue weighted by molar-refractivity contribution is 5.94. The number of piperazine rings is 1. The van der Waals surface area contributed by atoms with Crippen LogP contribution in [0.15, 0.2) is 24.3 Å². The van der Waals surface area contributed by atoms with E-state index in [1.165, 1.54) is 6.42 Å². The predicted octanol–water partition coefficient (Wildman–Crippen LogP) is 1.59. The van der Waals surface area contributed by atoms with E-state index in [1.54, 1.807) is 24.3 Å². The maximum atomic E-state index is 12.9. The second-order valence-corrected chi connectivity index (χ2v) is 7.15. The number of carbonyl (C=O) groups excluding carboxylic acids is 1. The minimum absolute atomic E-state index is 0.139. The predicted molar refractivity (Wildman–Crippen MR) is 89.2 cm³/mol. The molecule has 0 aromatic heterocycles. The van der Waals surface area contributed by atoms with E-state index < -0.39 is 12.0 Å². The summed E-state index contributed by atoms with van der Waals surface area (Å²) in [5.74, 6) is -2.47. The SMILES string of the molecule is O=C(NCC1CN2CCCN1CC2)c1ccc(OC2CC2(F)F)cc1. The third-order valence-electron chi connectivity index (χ3n) is 5.27. The topological polar surface area (TPSA) is 44.8 Å². The van der Waals surface area contributed by atoms with Gasteiger partial charge in [0.05, 0.1) is 6.42 Å². The van der Waals surface area contributed by atoms with Gasteiger partial charge in [0.25, 0.3) is 11.8 Å². The van der Waals surface area contributed by atoms with Gasteiger partial charge in [-0.05, 0) is 43.8 Å². The second kappa shape index (κ2) is 6.53. The van der Waals surface area contributed by atoms with Crippen molar-refractivity contribution in [3.8, 4) is 5.75 Å². The normalized spacial score (nSPS) is 32.7. The van der Waals surface area contributed by atoms with Gasteiger partial charge in [-0.3, -0.25) is 9.69 Å². The first-order valence-electron chi connectivity index (χ1n) is 8.90. The van der Waals surface area contributed by atoms with E-state index in [0.717, 1.165) is 32.7 Å². The van der Waals surface area contributed by atoms with E-state index in [2.05, 4.69) is 15.1 Å². The van der Waals surface area contributed by atoms with Gasteiger partial charge in [0.1, 0.15) is 5.75 Å². The third kappa shape index (κ3) is 3.77. The number of fused-ring (bicyclic) bond motifs is 4. The average molecular weight is 351 g/mol. The van der Waals surface area contributed by atoms with Crippen molar-refractivity contribution in [2.45, 2.75) is 30.9 Å². The van der Waals surface area contributed by atoms with Crippen LogP contribution in [0.4, 0.5) is 8.78 Å². The molecule has 1 aromatic carbocycles. The van der Waals surface area contributed by atoms with Crippen LogP contribution in [0.5, 0.6) is 5.75 Å². The fourth-order valence-electron chi connectivity index (χ4n) is 3.62. The van der Waals surface area contributed by atoms with E-state index >= 15 is 0 Å². The maximum absolute atomic E-state index is 12.9. The molecular weight excluding hydrogens is 328 g/mol. The minimum atomic E-state index is -2.71. The Balaban J connectivity index is 1.29. The van der Waals surface area contributed by atoms with Gasteiger partial charge in [0.15, 0.2) is 6.10 Å². The Morgan fingerprint density at radius 2 is 1.96 bits per heavy atom. The zero-order chi connectivity index (χ0) is 17.4. The largest absolute Gasteiger partial charge is 0.484 e. The third-order valence-corrected chi connectivity index (χ3v) is 5.27. The number of carbonyl (C=O) groups is 1. The van der Waals surface area contributed by atoms with Crippen molar-refractivity contribution < 1.29 is 18.3 Å². The molecule has 4 aliphatic rings. The van der Waals surface area contributed by atoms with Crippen LogP contribution >= 0.6 is 0 Å². The van der Waals surface area contributed by atoms with Crippen LogP contribution in [0.3, 0.4) is 0 Å². The number of alkyl halides is 2. The lowest BCUT2D eigenvalue weighted by Gasteiger charge is -2.37. The quantitative estimate of drug-likeness (QED) is 0.875. The molecule has 4 atom stereocenters. The summed E-state index contributed by atoms with van der Waals surface area (Å²) in [6.45, 7) is 6.05. The van der Waals surface area contributed by atoms with Gasteiger partial charge < -0.3 is 15.0 Å². The molecule has 2 bridgehead atoms. The Bertz CT molecular complexity index is 634. The van der Waals surface area contributed by atoms with E-state index in [4.69, 9.17) is 4.74 Å². The molecule has 0 radical (unpaired) electrons. The Hall–Kier alpha value is -1.73. The molecule has 3 heterocycles. The van der Waals surface area contributed by atoms with Crippen LogP contribution in [0, 0.1) is 0 Å². The summed E-state index contributed by atoms with van der Waals surface area (Å²) in [5.41, 5.74) is 0.518. The molecule has 4 fully saturated rings. The molecule has 1 amide bonds. The molecule has 1 aromatic rings. The molecular formula is C18H23F2N3O2. The fourth-order valence-corrected chi connectivity index (χ4v) is 3.62. The van der Waals surface area contributed by atoms with E-state index in [1.807, 2.05) is 0 Å². The van der Waals surface area contributed by atoms with Crippen LogP contribution in [-0.2, 0) is 0 Å². The Kier molecular flexibility index (Phi) is 4.37. The van der Waals surface area contributed by atoms with Crippen molar-refractivity contribution in [1.82, 2.24) is 15.1 Å². The number of nitrogens with one attached hydrogen (secondary N) is 1. The molecule has 3 saturated heterocycles. The number of hydrogen-bond acceptors (Lipinski definition) is 4. The highest BCUT2D eigenvalue weighted by Crippen LogP contribution is 2.44. The Morgan fingerprint density at radius 3 is 2.68 bits per heavy atom. The van der Waals surface area contributed by atoms with Crippen molar-refractivity contribution in [1.29, 1.82) is 0 Å². The molecule has 136 valence electrons. The van der Waals surface area contributed by atoms with Gasteiger partial charge in [0, 0.05) is 37.8 Å². The van der Waals surface area contributed by atoms with Crippen molar-refractivity contribution in [3.05, 3.63) is 29.8 Å². The highest BCUT2D eigenvalue weighted by Gasteiger charge is 2.59. The lowest BCUT2D eigenvalue weighted by atomic mass is 10.1. The molecule has 5 nitrogen and oxygen atoms in total. The van der Waals surface area contributed by atoms with Crippen molar-refractivity contribution in [3.63, 3.8) is 0 Å². The van der Waals surface area contributed by atoms with Gasteiger partial charge in [-0.15, -0.1) is 0 Å². The van der Waals surface area contributed by atoms with E-state index in [9.17, 15) is 13.6 Å². The van der Waals surface area contributed by atoms with Crippen LogP contribution in [0.25, 0.3) is 0 Å². The first-order chi connectivity index (χ1) is 12.0. The maximum Gasteiger partial charge on any atom is 0.288 e. The lowest BCUT2D eigenvalue weighted by molar-refractivity contribution is 0.0664. The van der Waals surface area contributed by atoms with Crippen molar-refractivity contribution in [2.75, 3.05) is 39.3 Å². The fraction of sp³-hybridized carbons (Fsp3) is 0.611. The monoisotopic (exact) mass is 351 g/mol. The summed E-state index contributed by atoms with van der Waals surface area (Å²) in [6.07, 6.45) is -0.0716. The number of nitrogens with zero attached hydrogens (tertiary/aromatic N) is 2. The van der Waals surface area contributed by atoms with Gasteiger partial charge in [-0.1, -0.05) is 0 Å². The number of rotatable bonds is 5. The molecule has 1 saturated carbocycles. The number of hydrogen-bond donors (Lipinski definition) is 1. The van der Waals surface area contributed by atoms with Crippen LogP contribution < -0.4 is 10.1 Å². The van der Waals surface area contributed by atoms with E-state index in [-0.39, 0.29) is 12.3 Å². The summed E-state index contributed by atoms with van der Waals surface area (Å²) in [5, 5.41) is 3.00. The second-order valence-electron chi connectivity index (χ2n) is 7.15. The summed E-state index contributed by atoms with van der Waals surface area (Å²) in [4.78, 5) is 17.2.